The molecule has 2 heterocycles. The summed E-state index contributed by atoms with van der Waals surface area (Å²) in [7, 11) is 1.65. The molecule has 0 bridgehead atoms. The van der Waals surface area contributed by atoms with E-state index in [1.54, 1.807) is 7.11 Å². The van der Waals surface area contributed by atoms with E-state index in [1.165, 1.54) is 0 Å². The van der Waals surface area contributed by atoms with E-state index >= 15 is 0 Å². The van der Waals surface area contributed by atoms with Crippen molar-refractivity contribution >= 4 is 0 Å². The first-order valence-electron chi connectivity index (χ1n) is 13.6. The number of aromatic nitrogens is 4. The fourth-order valence-electron chi connectivity index (χ4n) is 4.85. The van der Waals surface area contributed by atoms with Crippen molar-refractivity contribution in [3.63, 3.8) is 0 Å². The molecule has 0 unspecified atom stereocenters. The second-order valence-electron chi connectivity index (χ2n) is 9.60. The maximum absolute atomic E-state index is 5.61. The summed E-state index contributed by atoms with van der Waals surface area (Å²) in [6.45, 7) is 3.10. The summed E-state index contributed by atoms with van der Waals surface area (Å²) in [5, 5.41) is 4.19. The van der Waals surface area contributed by atoms with E-state index in [9.17, 15) is 0 Å². The second kappa shape index (κ2) is 11.4. The Morgan fingerprint density at radius 3 is 1.95 bits per heavy atom. The Bertz CT molecular complexity index is 1690. The van der Waals surface area contributed by atoms with Crippen molar-refractivity contribution in [2.24, 2.45) is 0 Å². The van der Waals surface area contributed by atoms with E-state index in [1.807, 2.05) is 42.5 Å². The number of unbranched alkanes of at least 4 members (excludes halogenated alkanes) is 1. The Morgan fingerprint density at radius 2 is 1.30 bits per heavy atom. The fraction of sp³-hybridized carbons (Fsp3) is 0.147. The van der Waals surface area contributed by atoms with Crippen LogP contribution >= 0.6 is 0 Å². The molecule has 0 aliphatic carbocycles. The molecule has 198 valence electrons. The number of nitrogens with zero attached hydrogens (tertiary/aromatic N) is 4. The van der Waals surface area contributed by atoms with Crippen LogP contribution < -0.4 is 4.74 Å². The number of benzene rings is 4. The summed E-state index contributed by atoms with van der Waals surface area (Å²) in [6, 6.07) is 36.8. The smallest absolute Gasteiger partial charge is 0.258 e. The minimum absolute atomic E-state index is 0.474. The van der Waals surface area contributed by atoms with Gasteiger partial charge < -0.3 is 13.8 Å². The fourth-order valence-corrected chi connectivity index (χ4v) is 4.85. The van der Waals surface area contributed by atoms with Crippen molar-refractivity contribution in [3.8, 4) is 62.5 Å². The molecule has 6 nitrogen and oxygen atoms in total. The summed E-state index contributed by atoms with van der Waals surface area (Å²) in [5.74, 6) is 2.74. The molecule has 6 rings (SSSR count). The van der Waals surface area contributed by atoms with Crippen molar-refractivity contribution in [2.75, 3.05) is 7.11 Å². The third-order valence-corrected chi connectivity index (χ3v) is 6.96. The first-order chi connectivity index (χ1) is 19.7. The van der Waals surface area contributed by atoms with Crippen LogP contribution in [0.5, 0.6) is 5.75 Å². The highest BCUT2D eigenvalue weighted by Crippen LogP contribution is 2.37. The number of rotatable bonds is 9. The van der Waals surface area contributed by atoms with Crippen molar-refractivity contribution in [2.45, 2.75) is 26.3 Å². The van der Waals surface area contributed by atoms with Crippen LogP contribution in [0.15, 0.2) is 114 Å². The van der Waals surface area contributed by atoms with Gasteiger partial charge in [0.05, 0.1) is 18.5 Å². The zero-order valence-electron chi connectivity index (χ0n) is 22.6. The van der Waals surface area contributed by atoms with E-state index in [4.69, 9.17) is 14.2 Å². The van der Waals surface area contributed by atoms with Crippen molar-refractivity contribution < 1.29 is 9.26 Å². The number of imidazole rings is 1. The molecule has 6 aromatic rings. The van der Waals surface area contributed by atoms with Crippen LogP contribution in [0, 0.1) is 0 Å². The van der Waals surface area contributed by atoms with E-state index in [0.717, 1.165) is 70.2 Å². The van der Waals surface area contributed by atoms with Crippen molar-refractivity contribution in [3.05, 3.63) is 109 Å². The number of hydrogen-bond donors (Lipinski definition) is 0. The highest BCUT2D eigenvalue weighted by atomic mass is 16.5. The molecular formula is C34H30N4O2. The van der Waals surface area contributed by atoms with Crippen LogP contribution in [-0.2, 0) is 6.54 Å². The van der Waals surface area contributed by atoms with Gasteiger partial charge in [-0.15, -0.1) is 0 Å². The highest BCUT2D eigenvalue weighted by molar-refractivity contribution is 5.82. The Hall–Kier alpha value is -4.97. The van der Waals surface area contributed by atoms with Gasteiger partial charge in [-0.05, 0) is 42.8 Å². The lowest BCUT2D eigenvalue weighted by molar-refractivity contribution is 0.415. The first kappa shape index (κ1) is 25.3. The van der Waals surface area contributed by atoms with Gasteiger partial charge in [-0.25, -0.2) is 4.98 Å². The maximum Gasteiger partial charge on any atom is 0.258 e. The minimum atomic E-state index is 0.474. The van der Waals surface area contributed by atoms with Gasteiger partial charge in [0.15, 0.2) is 0 Å². The minimum Gasteiger partial charge on any atom is -0.497 e. The molecule has 40 heavy (non-hydrogen) atoms. The standard InChI is InChI=1S/C34H30N4O2/c1-3-4-23-38-31(25-13-9-6-10-14-25)30(24-11-7-5-8-12-24)35-33(38)27-15-17-28(18-16-27)34-36-32(37-40-34)26-19-21-29(39-2)22-20-26/h5-22H,3-4,23H2,1-2H3. The molecule has 0 saturated carbocycles. The third kappa shape index (κ3) is 5.04. The molecule has 0 aliphatic rings. The molecule has 0 saturated heterocycles. The summed E-state index contributed by atoms with van der Waals surface area (Å²) in [5.41, 5.74) is 7.15. The van der Waals surface area contributed by atoms with Gasteiger partial charge in [-0.3, -0.25) is 0 Å². The second-order valence-corrected chi connectivity index (χ2v) is 9.60. The molecule has 6 heteroatoms. The number of hydrogen-bond acceptors (Lipinski definition) is 5. The molecule has 2 aromatic heterocycles. The summed E-state index contributed by atoms with van der Waals surface area (Å²) < 4.78 is 13.2. The predicted molar refractivity (Wildman–Crippen MR) is 159 cm³/mol. The van der Waals surface area contributed by atoms with Crippen molar-refractivity contribution in [1.29, 1.82) is 0 Å². The lowest BCUT2D eigenvalue weighted by atomic mass is 10.0. The molecule has 0 spiro atoms. The van der Waals surface area contributed by atoms with Gasteiger partial charge in [0, 0.05) is 34.4 Å². The Labute approximate surface area is 233 Å². The predicted octanol–water partition coefficient (Wildman–Crippen LogP) is 8.41. The lowest BCUT2D eigenvalue weighted by Gasteiger charge is -2.13. The van der Waals surface area contributed by atoms with E-state index in [-0.39, 0.29) is 0 Å². The van der Waals surface area contributed by atoms with Gasteiger partial charge in [-0.2, -0.15) is 4.98 Å². The van der Waals surface area contributed by atoms with Gasteiger partial charge in [0.2, 0.25) is 5.82 Å². The maximum atomic E-state index is 5.61. The van der Waals surface area contributed by atoms with Crippen molar-refractivity contribution in [1.82, 2.24) is 19.7 Å². The number of methoxy groups -OCH3 is 1. The normalized spacial score (nSPS) is 11.1. The van der Waals surface area contributed by atoms with Crippen LogP contribution in [0.2, 0.25) is 0 Å². The molecule has 0 aliphatic heterocycles. The summed E-state index contributed by atoms with van der Waals surface area (Å²) in [6.07, 6.45) is 2.16. The zero-order chi connectivity index (χ0) is 27.3. The highest BCUT2D eigenvalue weighted by Gasteiger charge is 2.21. The monoisotopic (exact) mass is 526 g/mol. The van der Waals surface area contributed by atoms with Crippen LogP contribution in [-0.4, -0.2) is 26.8 Å². The Morgan fingerprint density at radius 1 is 0.675 bits per heavy atom. The van der Waals surface area contributed by atoms with Crippen LogP contribution in [0.3, 0.4) is 0 Å². The molecule has 0 N–H and O–H groups in total. The molecule has 0 atom stereocenters. The Kier molecular flexibility index (Phi) is 7.22. The average molecular weight is 527 g/mol. The lowest BCUT2D eigenvalue weighted by Crippen LogP contribution is -2.03. The molecule has 4 aromatic carbocycles. The molecule has 0 fully saturated rings. The largest absolute Gasteiger partial charge is 0.497 e. The van der Waals surface area contributed by atoms with Crippen LogP contribution in [0.4, 0.5) is 0 Å². The van der Waals surface area contributed by atoms with Crippen LogP contribution in [0.25, 0.3) is 56.7 Å². The Balaban J connectivity index is 1.39. The molecule has 0 radical (unpaired) electrons. The van der Waals surface area contributed by atoms with Gasteiger partial charge >= 0.3 is 0 Å². The first-order valence-corrected chi connectivity index (χ1v) is 13.6. The molecular weight excluding hydrogens is 496 g/mol. The summed E-state index contributed by atoms with van der Waals surface area (Å²) >= 11 is 0. The third-order valence-electron chi connectivity index (χ3n) is 6.96. The SMILES string of the molecule is CCCCn1c(-c2ccc(-c3nc(-c4ccc(OC)cc4)no3)cc2)nc(-c2ccccc2)c1-c1ccccc1. The quantitative estimate of drug-likeness (QED) is 0.189. The summed E-state index contributed by atoms with van der Waals surface area (Å²) in [4.78, 5) is 9.87. The molecule has 0 amide bonds. The van der Waals surface area contributed by atoms with Gasteiger partial charge in [0.25, 0.3) is 5.89 Å². The van der Waals surface area contributed by atoms with Gasteiger partial charge in [-0.1, -0.05) is 91.3 Å². The average Bonchev–Trinajstić information content (AvgIpc) is 3.67. The van der Waals surface area contributed by atoms with E-state index < -0.39 is 0 Å². The zero-order valence-corrected chi connectivity index (χ0v) is 22.6. The topological polar surface area (TPSA) is 66.0 Å². The van der Waals surface area contributed by atoms with Gasteiger partial charge in [0.1, 0.15) is 11.6 Å². The van der Waals surface area contributed by atoms with E-state index in [0.29, 0.717) is 11.7 Å². The van der Waals surface area contributed by atoms with Crippen LogP contribution in [0.1, 0.15) is 19.8 Å². The number of ether oxygens (including phenoxy) is 1. The van der Waals surface area contributed by atoms with E-state index in [2.05, 4.69) is 88.4 Å².